The number of carbonyl (C=O) groups is 1. The van der Waals surface area contributed by atoms with Gasteiger partial charge in [-0.15, -0.1) is 0 Å². The Balaban J connectivity index is 1.28. The molecule has 0 N–H and O–H groups in total. The number of hydrogen-bond donors (Lipinski definition) is 0. The van der Waals surface area contributed by atoms with Gasteiger partial charge in [0.05, 0.1) is 18.3 Å². The third-order valence-electron chi connectivity index (χ3n) is 9.89. The van der Waals surface area contributed by atoms with E-state index in [0.717, 1.165) is 35.5 Å². The summed E-state index contributed by atoms with van der Waals surface area (Å²) in [5.74, 6) is 8.16. The van der Waals surface area contributed by atoms with E-state index >= 15 is 0 Å². The summed E-state index contributed by atoms with van der Waals surface area (Å²) in [6, 6.07) is 24.0. The van der Waals surface area contributed by atoms with Crippen LogP contribution in [0.2, 0.25) is 63.2 Å². The Morgan fingerprint density at radius 3 is 1.70 bits per heavy atom. The standard InChI is InChI=1S/C47H72O4Si3/c1-10-11-12-18-21-40(2)50-45-30-26-42(27-31-45)23-22-41-24-28-43(29-25-41)47(48)51-46-34-32-44(33-35-46)49-36-19-16-14-13-15-17-20-37-53(6,7)39-54(8,9)38-52(3,4)5/h24-35,40H,10-21,36-39H2,1-9H3/t40-/m0/s1. The largest absolute Gasteiger partial charge is 0.494 e. The second kappa shape index (κ2) is 23.1. The summed E-state index contributed by atoms with van der Waals surface area (Å²) in [7, 11) is -3.07. The maximum absolute atomic E-state index is 12.8. The second-order valence-electron chi connectivity index (χ2n) is 18.3. The molecule has 0 saturated carbocycles. The molecule has 0 aliphatic rings. The van der Waals surface area contributed by atoms with Crippen LogP contribution in [0.15, 0.2) is 72.8 Å². The molecule has 0 aliphatic carbocycles. The fourth-order valence-electron chi connectivity index (χ4n) is 8.03. The number of rotatable bonds is 24. The smallest absolute Gasteiger partial charge is 0.343 e. The monoisotopic (exact) mass is 784 g/mol. The maximum atomic E-state index is 12.8. The molecule has 0 bridgehead atoms. The molecule has 0 unspecified atom stereocenters. The zero-order chi connectivity index (χ0) is 39.5. The molecule has 4 nitrogen and oxygen atoms in total. The first kappa shape index (κ1) is 45.3. The van der Waals surface area contributed by atoms with E-state index in [-0.39, 0.29) is 6.10 Å². The molecule has 296 valence electrons. The van der Waals surface area contributed by atoms with Crippen LogP contribution >= 0.6 is 0 Å². The minimum atomic E-state index is -1.07. The summed E-state index contributed by atoms with van der Waals surface area (Å²) in [5, 5.41) is 0. The number of carbonyl (C=O) groups excluding carboxylic acids is 1. The normalized spacial score (nSPS) is 12.5. The Morgan fingerprint density at radius 1 is 0.593 bits per heavy atom. The van der Waals surface area contributed by atoms with Crippen molar-refractivity contribution in [1.82, 2.24) is 0 Å². The van der Waals surface area contributed by atoms with E-state index in [1.165, 1.54) is 70.3 Å². The highest BCUT2D eigenvalue weighted by Gasteiger charge is 2.34. The van der Waals surface area contributed by atoms with Gasteiger partial charge in [-0.25, -0.2) is 4.79 Å². The maximum Gasteiger partial charge on any atom is 0.343 e. The van der Waals surface area contributed by atoms with Crippen LogP contribution in [-0.2, 0) is 0 Å². The summed E-state index contributed by atoms with van der Waals surface area (Å²) in [6.45, 7) is 23.3. The molecule has 7 heteroatoms. The second-order valence-corrected chi connectivity index (χ2v) is 35.4. The molecule has 3 aromatic rings. The lowest BCUT2D eigenvalue weighted by Crippen LogP contribution is -2.44. The summed E-state index contributed by atoms with van der Waals surface area (Å²) >= 11 is 0. The predicted molar refractivity (Wildman–Crippen MR) is 240 cm³/mol. The van der Waals surface area contributed by atoms with Gasteiger partial charge in [-0.05, 0) is 99.0 Å². The van der Waals surface area contributed by atoms with Crippen LogP contribution < -0.4 is 14.2 Å². The predicted octanol–water partition coefficient (Wildman–Crippen LogP) is 14.0. The molecule has 3 rings (SSSR count). The molecule has 3 aromatic carbocycles. The molecule has 0 aliphatic heterocycles. The van der Waals surface area contributed by atoms with Gasteiger partial charge in [0.15, 0.2) is 0 Å². The van der Waals surface area contributed by atoms with E-state index in [0.29, 0.717) is 17.9 Å². The Morgan fingerprint density at radius 2 is 1.11 bits per heavy atom. The Bertz CT molecular complexity index is 1560. The molecule has 0 aromatic heterocycles. The minimum absolute atomic E-state index is 0.208. The zero-order valence-electron chi connectivity index (χ0n) is 35.5. The van der Waals surface area contributed by atoms with Crippen LogP contribution in [0.25, 0.3) is 0 Å². The third-order valence-corrected chi connectivity index (χ3v) is 27.3. The Hall–Kier alpha value is -3.06. The van der Waals surface area contributed by atoms with Crippen LogP contribution in [0.1, 0.15) is 112 Å². The van der Waals surface area contributed by atoms with Gasteiger partial charge < -0.3 is 14.2 Å². The quantitative estimate of drug-likeness (QED) is 0.0298. The molecule has 0 spiro atoms. The topological polar surface area (TPSA) is 44.8 Å². The van der Waals surface area contributed by atoms with Gasteiger partial charge in [-0.1, -0.05) is 140 Å². The van der Waals surface area contributed by atoms with E-state index in [2.05, 4.69) is 71.5 Å². The summed E-state index contributed by atoms with van der Waals surface area (Å²) in [4.78, 5) is 12.8. The van der Waals surface area contributed by atoms with E-state index in [1.54, 1.807) is 35.6 Å². The molecule has 0 saturated heterocycles. The van der Waals surface area contributed by atoms with E-state index in [9.17, 15) is 4.79 Å². The molecule has 1 atom stereocenters. The molecule has 0 fully saturated rings. The highest BCUT2D eigenvalue weighted by molar-refractivity contribution is 7.02. The van der Waals surface area contributed by atoms with E-state index < -0.39 is 30.2 Å². The molecular weight excluding hydrogens is 713 g/mol. The summed E-state index contributed by atoms with van der Waals surface area (Å²) in [5.41, 5.74) is 5.42. The van der Waals surface area contributed by atoms with Gasteiger partial charge in [-0.3, -0.25) is 0 Å². The van der Waals surface area contributed by atoms with Gasteiger partial charge in [-0.2, -0.15) is 0 Å². The Labute approximate surface area is 333 Å². The minimum Gasteiger partial charge on any atom is -0.494 e. The molecular formula is C47H72O4Si3. The molecule has 0 heterocycles. The number of unbranched alkanes of at least 4 members (excludes halogenated alkanes) is 9. The summed E-state index contributed by atoms with van der Waals surface area (Å²) < 4.78 is 17.6. The third kappa shape index (κ3) is 19.5. The average Bonchev–Trinajstić information content (AvgIpc) is 3.10. The number of benzene rings is 3. The van der Waals surface area contributed by atoms with Crippen LogP contribution in [0.3, 0.4) is 0 Å². The van der Waals surface area contributed by atoms with E-state index in [4.69, 9.17) is 14.2 Å². The first-order valence-corrected chi connectivity index (χ1v) is 31.5. The van der Waals surface area contributed by atoms with Crippen molar-refractivity contribution in [2.24, 2.45) is 0 Å². The average molecular weight is 785 g/mol. The number of esters is 1. The lowest BCUT2D eigenvalue weighted by atomic mass is 10.1. The van der Waals surface area contributed by atoms with Gasteiger partial charge in [0, 0.05) is 35.3 Å². The number of hydrogen-bond acceptors (Lipinski definition) is 4. The van der Waals surface area contributed by atoms with Gasteiger partial charge >= 0.3 is 5.97 Å². The van der Waals surface area contributed by atoms with Crippen LogP contribution in [0.4, 0.5) is 0 Å². The van der Waals surface area contributed by atoms with Gasteiger partial charge in [0.25, 0.3) is 0 Å². The van der Waals surface area contributed by atoms with Crippen molar-refractivity contribution in [3.63, 3.8) is 0 Å². The molecule has 0 amide bonds. The van der Waals surface area contributed by atoms with E-state index in [1.807, 2.05) is 48.5 Å². The van der Waals surface area contributed by atoms with Crippen LogP contribution in [0, 0.1) is 11.8 Å². The fourth-order valence-corrected chi connectivity index (χ4v) is 33.4. The van der Waals surface area contributed by atoms with Crippen molar-refractivity contribution in [3.8, 4) is 29.1 Å². The zero-order valence-corrected chi connectivity index (χ0v) is 38.5. The lowest BCUT2D eigenvalue weighted by molar-refractivity contribution is 0.0734. The molecule has 54 heavy (non-hydrogen) atoms. The summed E-state index contributed by atoms with van der Waals surface area (Å²) in [6.07, 6.45) is 15.4. The van der Waals surface area contributed by atoms with Crippen molar-refractivity contribution in [2.75, 3.05) is 6.61 Å². The van der Waals surface area contributed by atoms with Crippen molar-refractivity contribution < 1.29 is 19.0 Å². The van der Waals surface area contributed by atoms with Crippen LogP contribution in [0.5, 0.6) is 17.2 Å². The number of ether oxygens (including phenoxy) is 3. The highest BCUT2D eigenvalue weighted by Crippen LogP contribution is 2.31. The highest BCUT2D eigenvalue weighted by atomic mass is 28.4. The lowest BCUT2D eigenvalue weighted by Gasteiger charge is -2.36. The molecule has 0 radical (unpaired) electrons. The van der Waals surface area contributed by atoms with Crippen molar-refractivity contribution in [1.29, 1.82) is 0 Å². The van der Waals surface area contributed by atoms with Gasteiger partial charge in [0.1, 0.15) is 17.2 Å². The van der Waals surface area contributed by atoms with Crippen LogP contribution in [-0.4, -0.2) is 42.9 Å². The first-order chi connectivity index (χ1) is 25.6. The fraction of sp³-hybridized carbons (Fsp3) is 0.553. The van der Waals surface area contributed by atoms with Crippen molar-refractivity contribution >= 4 is 30.2 Å². The first-order valence-electron chi connectivity index (χ1n) is 21.0. The SMILES string of the molecule is CCCCCC[C@H](C)Oc1ccc(C#Cc2ccc(C(=O)Oc3ccc(OCCCCCCCCC[Si](C)(C)C[Si](C)(C)C[Si](C)(C)C)cc3)cc2)cc1. The van der Waals surface area contributed by atoms with Crippen molar-refractivity contribution in [2.45, 2.75) is 160 Å². The van der Waals surface area contributed by atoms with Gasteiger partial charge in [0.2, 0.25) is 0 Å². The Kier molecular flexibility index (Phi) is 19.4. The van der Waals surface area contributed by atoms with Crippen molar-refractivity contribution in [3.05, 3.63) is 89.5 Å².